The Morgan fingerprint density at radius 3 is 2.53 bits per heavy atom. The van der Waals surface area contributed by atoms with Gasteiger partial charge in [-0.2, -0.15) is 5.10 Å². The van der Waals surface area contributed by atoms with E-state index < -0.39 is 6.36 Å². The van der Waals surface area contributed by atoms with Crippen LogP contribution in [0.2, 0.25) is 0 Å². The summed E-state index contributed by atoms with van der Waals surface area (Å²) in [6, 6.07) is 21.5. The number of nitrogens with zero attached hydrogens (tertiary/aromatic N) is 3. The molecule has 0 bridgehead atoms. The Morgan fingerprint density at radius 2 is 1.79 bits per heavy atom. The second-order valence-electron chi connectivity index (χ2n) is 8.71. The monoisotopic (exact) mass is 533 g/mol. The van der Waals surface area contributed by atoms with Crippen molar-refractivity contribution >= 4 is 51.0 Å². The first-order valence-electron chi connectivity index (χ1n) is 11.6. The molecule has 1 heterocycles. The number of anilines is 1. The van der Waals surface area contributed by atoms with Crippen molar-refractivity contribution in [3.05, 3.63) is 95.8 Å². The minimum absolute atomic E-state index is 0.276. The number of halogens is 3. The maximum Gasteiger partial charge on any atom is 0.573 e. The average molecular weight is 534 g/mol. The average Bonchev–Trinajstić information content (AvgIpc) is 3.30. The van der Waals surface area contributed by atoms with Crippen LogP contribution in [0.25, 0.3) is 27.5 Å². The van der Waals surface area contributed by atoms with Crippen molar-refractivity contribution in [2.45, 2.75) is 20.2 Å². The molecule has 0 aliphatic rings. The van der Waals surface area contributed by atoms with Crippen LogP contribution in [0.1, 0.15) is 16.7 Å². The minimum Gasteiger partial charge on any atom is -0.406 e. The van der Waals surface area contributed by atoms with E-state index in [1.54, 1.807) is 24.7 Å². The predicted molar refractivity (Wildman–Crippen MR) is 148 cm³/mol. The number of hydrogen-bond donors (Lipinski definition) is 2. The lowest BCUT2D eigenvalue weighted by atomic mass is 10.1. The molecule has 0 atom stereocenters. The lowest BCUT2D eigenvalue weighted by Crippen LogP contribution is -2.24. The van der Waals surface area contributed by atoms with E-state index in [-0.39, 0.29) is 5.75 Å². The smallest absolute Gasteiger partial charge is 0.406 e. The molecule has 0 saturated carbocycles. The fourth-order valence-corrected chi connectivity index (χ4v) is 4.35. The van der Waals surface area contributed by atoms with Gasteiger partial charge in [0.1, 0.15) is 12.1 Å². The molecule has 0 aliphatic carbocycles. The number of benzene rings is 4. The van der Waals surface area contributed by atoms with E-state index in [2.05, 4.69) is 31.6 Å². The molecule has 0 fully saturated rings. The molecule has 192 valence electrons. The zero-order valence-corrected chi connectivity index (χ0v) is 21.2. The van der Waals surface area contributed by atoms with Crippen LogP contribution in [0, 0.1) is 13.8 Å². The van der Waals surface area contributed by atoms with Gasteiger partial charge in [0.15, 0.2) is 5.11 Å². The summed E-state index contributed by atoms with van der Waals surface area (Å²) in [5.74, 6) is -0.276. The Morgan fingerprint density at radius 1 is 1.00 bits per heavy atom. The molecule has 0 radical (unpaired) electrons. The molecule has 1 aromatic heterocycles. The first-order chi connectivity index (χ1) is 18.2. The van der Waals surface area contributed by atoms with Gasteiger partial charge >= 0.3 is 6.36 Å². The van der Waals surface area contributed by atoms with Gasteiger partial charge in [-0.1, -0.05) is 35.9 Å². The van der Waals surface area contributed by atoms with Crippen molar-refractivity contribution in [3.8, 4) is 11.4 Å². The van der Waals surface area contributed by atoms with Crippen LogP contribution in [-0.4, -0.2) is 27.2 Å². The normalized spacial score (nSPS) is 11.8. The molecule has 0 spiro atoms. The van der Waals surface area contributed by atoms with Gasteiger partial charge in [0.25, 0.3) is 0 Å². The van der Waals surface area contributed by atoms with E-state index in [1.165, 1.54) is 17.7 Å². The Kier molecular flexibility index (Phi) is 6.73. The van der Waals surface area contributed by atoms with Crippen molar-refractivity contribution in [1.29, 1.82) is 0 Å². The zero-order chi connectivity index (χ0) is 26.9. The number of aryl methyl sites for hydroxylation is 2. The maximum atomic E-state index is 12.5. The quantitative estimate of drug-likeness (QED) is 0.145. The van der Waals surface area contributed by atoms with E-state index in [9.17, 15) is 13.2 Å². The Balaban J connectivity index is 1.31. The lowest BCUT2D eigenvalue weighted by Gasteiger charge is -2.10. The van der Waals surface area contributed by atoms with Gasteiger partial charge in [0.2, 0.25) is 0 Å². The van der Waals surface area contributed by atoms with Crippen LogP contribution in [0.3, 0.4) is 0 Å². The molecule has 5 rings (SSSR count). The summed E-state index contributed by atoms with van der Waals surface area (Å²) in [5.41, 5.74) is 9.18. The number of alkyl halides is 3. The number of fused-ring (bicyclic) bond motifs is 3. The molecule has 6 nitrogen and oxygen atoms in total. The molecule has 0 amide bonds. The Bertz CT molecular complexity index is 1680. The standard InChI is InChI=1S/C28H22F3N5OS/c1-17-3-11-24(18(2)13-17)34-27(38)35-33-15-19-4-10-23-20(14-19)5-12-25-26(23)32-16-36(25)21-6-8-22(9-7-21)37-28(29,30)31/h3-16H,1-2H3,(H2,34,35,38)/b33-15+. The number of rotatable bonds is 5. The van der Waals surface area contributed by atoms with Gasteiger partial charge in [0.05, 0.1) is 17.2 Å². The number of imidazole rings is 1. The first-order valence-corrected chi connectivity index (χ1v) is 12.0. The number of aromatic nitrogens is 2. The van der Waals surface area contributed by atoms with E-state index in [0.717, 1.165) is 38.6 Å². The topological polar surface area (TPSA) is 63.5 Å². The summed E-state index contributed by atoms with van der Waals surface area (Å²) in [5, 5.41) is 9.69. The molecule has 2 N–H and O–H groups in total. The van der Waals surface area contributed by atoms with Gasteiger partial charge in [-0.25, -0.2) is 4.98 Å². The van der Waals surface area contributed by atoms with Crippen LogP contribution >= 0.6 is 12.2 Å². The number of ether oxygens (including phenoxy) is 1. The Hall–Kier alpha value is -4.44. The highest BCUT2D eigenvalue weighted by Gasteiger charge is 2.31. The van der Waals surface area contributed by atoms with E-state index >= 15 is 0 Å². The summed E-state index contributed by atoms with van der Waals surface area (Å²) in [6.07, 6.45) is -1.40. The SMILES string of the molecule is Cc1ccc(NC(=S)N/N=C/c2ccc3c(ccc4c3ncn4-c3ccc(OC(F)(F)F)cc3)c2)c(C)c1. The van der Waals surface area contributed by atoms with E-state index in [0.29, 0.717) is 10.8 Å². The van der Waals surface area contributed by atoms with Crippen LogP contribution in [0.4, 0.5) is 18.9 Å². The highest BCUT2D eigenvalue weighted by molar-refractivity contribution is 7.80. The zero-order valence-electron chi connectivity index (χ0n) is 20.4. The van der Waals surface area contributed by atoms with Crippen LogP contribution in [0.15, 0.2) is 84.2 Å². The fraction of sp³-hybridized carbons (Fsp3) is 0.107. The van der Waals surface area contributed by atoms with Gasteiger partial charge in [0, 0.05) is 16.8 Å². The van der Waals surface area contributed by atoms with Crippen LogP contribution < -0.4 is 15.5 Å². The molecule has 0 aliphatic heterocycles. The second kappa shape index (κ2) is 10.1. The largest absolute Gasteiger partial charge is 0.573 e. The molecule has 5 aromatic rings. The molecular formula is C28H22F3N5OS. The van der Waals surface area contributed by atoms with Gasteiger partial charge < -0.3 is 10.1 Å². The third kappa shape index (κ3) is 5.60. The maximum absolute atomic E-state index is 12.5. The van der Waals surface area contributed by atoms with Crippen molar-refractivity contribution in [1.82, 2.24) is 15.0 Å². The third-order valence-electron chi connectivity index (χ3n) is 5.91. The van der Waals surface area contributed by atoms with Crippen molar-refractivity contribution < 1.29 is 17.9 Å². The highest BCUT2D eigenvalue weighted by Crippen LogP contribution is 2.29. The summed E-state index contributed by atoms with van der Waals surface area (Å²) >= 11 is 5.34. The summed E-state index contributed by atoms with van der Waals surface area (Å²) < 4.78 is 43.1. The number of nitrogens with one attached hydrogen (secondary N) is 2. The minimum atomic E-state index is -4.73. The second-order valence-corrected chi connectivity index (χ2v) is 9.12. The van der Waals surface area contributed by atoms with Gasteiger partial charge in [-0.3, -0.25) is 9.99 Å². The fourth-order valence-electron chi connectivity index (χ4n) is 4.19. The molecule has 4 aromatic carbocycles. The third-order valence-corrected chi connectivity index (χ3v) is 6.11. The predicted octanol–water partition coefficient (Wildman–Crippen LogP) is 7.01. The van der Waals surface area contributed by atoms with E-state index in [4.69, 9.17) is 12.2 Å². The van der Waals surface area contributed by atoms with Gasteiger partial charge in [-0.15, -0.1) is 13.2 Å². The number of hydrazone groups is 1. The summed E-state index contributed by atoms with van der Waals surface area (Å²) in [6.45, 7) is 4.05. The highest BCUT2D eigenvalue weighted by atomic mass is 32.1. The van der Waals surface area contributed by atoms with Crippen molar-refractivity contribution in [2.75, 3.05) is 5.32 Å². The van der Waals surface area contributed by atoms with Crippen LogP contribution in [0.5, 0.6) is 5.75 Å². The number of hydrogen-bond acceptors (Lipinski definition) is 4. The van der Waals surface area contributed by atoms with Crippen molar-refractivity contribution in [3.63, 3.8) is 0 Å². The summed E-state index contributed by atoms with van der Waals surface area (Å²) in [4.78, 5) is 4.55. The number of thiocarbonyl (C=S) groups is 1. The summed E-state index contributed by atoms with van der Waals surface area (Å²) in [7, 11) is 0. The lowest BCUT2D eigenvalue weighted by molar-refractivity contribution is -0.274. The molecule has 10 heteroatoms. The van der Waals surface area contributed by atoms with E-state index in [1.807, 2.05) is 60.9 Å². The molecule has 0 unspecified atom stereocenters. The molecule has 38 heavy (non-hydrogen) atoms. The first kappa shape index (κ1) is 25.2. The van der Waals surface area contributed by atoms with Crippen LogP contribution in [-0.2, 0) is 0 Å². The molecular weight excluding hydrogens is 511 g/mol. The molecule has 0 saturated heterocycles. The van der Waals surface area contributed by atoms with Crippen molar-refractivity contribution in [2.24, 2.45) is 5.10 Å². The Labute approximate surface area is 221 Å². The van der Waals surface area contributed by atoms with Gasteiger partial charge in [-0.05, 0) is 85.0 Å².